The Morgan fingerprint density at radius 2 is 2.14 bits per heavy atom. The summed E-state index contributed by atoms with van der Waals surface area (Å²) < 4.78 is 11.1. The molecule has 0 heterocycles. The van der Waals surface area contributed by atoms with Crippen molar-refractivity contribution in [1.82, 2.24) is 5.32 Å². The largest absolute Gasteiger partial charge is 0.493 e. The lowest BCUT2D eigenvalue weighted by Gasteiger charge is -2.29. The fraction of sp³-hybridized carbons (Fsp3) is 0.562. The molecule has 0 spiro atoms. The van der Waals surface area contributed by atoms with Gasteiger partial charge in [-0.3, -0.25) is 4.79 Å². The molecule has 0 bridgehead atoms. The number of nitrogens with one attached hydrogen (secondary N) is 1. The van der Waals surface area contributed by atoms with Crippen LogP contribution in [0.5, 0.6) is 11.5 Å². The maximum absolute atomic E-state index is 11.6. The van der Waals surface area contributed by atoms with Crippen molar-refractivity contribution in [3.63, 3.8) is 0 Å². The summed E-state index contributed by atoms with van der Waals surface area (Å²) in [6, 6.07) is 5.73. The van der Waals surface area contributed by atoms with Crippen molar-refractivity contribution in [3.05, 3.63) is 23.8 Å². The van der Waals surface area contributed by atoms with Gasteiger partial charge in [0.2, 0.25) is 0 Å². The Balaban J connectivity index is 2.16. The van der Waals surface area contributed by atoms with E-state index in [4.69, 9.17) is 9.47 Å². The van der Waals surface area contributed by atoms with E-state index in [1.165, 1.54) is 0 Å². The zero-order valence-corrected chi connectivity index (χ0v) is 12.8. The van der Waals surface area contributed by atoms with Gasteiger partial charge in [0.15, 0.2) is 17.0 Å². The number of aliphatic carboxylic acids is 1. The van der Waals surface area contributed by atoms with Gasteiger partial charge in [0.1, 0.15) is 6.61 Å². The fourth-order valence-electron chi connectivity index (χ4n) is 2.56. The molecule has 0 aromatic heterocycles. The predicted octanol–water partition coefficient (Wildman–Crippen LogP) is 2.09. The van der Waals surface area contributed by atoms with Crippen LogP contribution >= 0.6 is 0 Å². The third kappa shape index (κ3) is 3.13. The maximum atomic E-state index is 11.6. The number of carbonyl (C=O) groups is 1. The average molecular weight is 293 g/mol. The lowest BCUT2D eigenvalue weighted by atomic mass is 9.94. The van der Waals surface area contributed by atoms with Crippen LogP contribution in [0, 0.1) is 5.92 Å². The van der Waals surface area contributed by atoms with E-state index in [-0.39, 0.29) is 12.5 Å². The second-order valence-electron chi connectivity index (χ2n) is 5.43. The molecule has 5 nitrogen and oxygen atoms in total. The molecule has 116 valence electrons. The van der Waals surface area contributed by atoms with Gasteiger partial charge in [-0.05, 0) is 49.9 Å². The highest BCUT2D eigenvalue weighted by molar-refractivity contribution is 5.80. The van der Waals surface area contributed by atoms with E-state index >= 15 is 0 Å². The van der Waals surface area contributed by atoms with Gasteiger partial charge in [0.25, 0.3) is 0 Å². The molecule has 1 aromatic rings. The normalized spacial score (nSPS) is 17.1. The van der Waals surface area contributed by atoms with Crippen LogP contribution in [0.1, 0.15) is 25.3 Å². The summed E-state index contributed by atoms with van der Waals surface area (Å²) in [7, 11) is 3.26. The van der Waals surface area contributed by atoms with Crippen LogP contribution in [-0.4, -0.2) is 37.4 Å². The van der Waals surface area contributed by atoms with E-state index in [1.807, 2.05) is 18.2 Å². The highest BCUT2D eigenvalue weighted by atomic mass is 16.5. The van der Waals surface area contributed by atoms with Crippen LogP contribution in [-0.2, 0) is 11.2 Å². The highest BCUT2D eigenvalue weighted by Gasteiger charge is 2.51. The molecule has 1 aromatic carbocycles. The van der Waals surface area contributed by atoms with E-state index in [0.29, 0.717) is 11.5 Å². The molecule has 0 radical (unpaired) electrons. The molecule has 2 N–H and O–H groups in total. The summed E-state index contributed by atoms with van der Waals surface area (Å²) in [6.07, 6.45) is 2.75. The van der Waals surface area contributed by atoms with E-state index in [9.17, 15) is 9.90 Å². The lowest BCUT2D eigenvalue weighted by molar-refractivity contribution is -0.147. The van der Waals surface area contributed by atoms with Crippen molar-refractivity contribution in [3.8, 4) is 11.5 Å². The van der Waals surface area contributed by atoms with E-state index in [0.717, 1.165) is 24.8 Å². The molecule has 1 fully saturated rings. The number of carboxylic acid groups (broad SMARTS) is 1. The van der Waals surface area contributed by atoms with Gasteiger partial charge >= 0.3 is 5.97 Å². The van der Waals surface area contributed by atoms with Crippen LogP contribution < -0.4 is 14.8 Å². The molecule has 2 rings (SSSR count). The minimum absolute atomic E-state index is 0.0886. The van der Waals surface area contributed by atoms with Crippen molar-refractivity contribution in [2.24, 2.45) is 5.92 Å². The van der Waals surface area contributed by atoms with Gasteiger partial charge in [-0.2, -0.15) is 0 Å². The number of hydrogen-bond donors (Lipinski definition) is 2. The molecular formula is C16H23NO4. The SMILES string of the molecule is CCc1ccc(OCC(NC)(C(=O)O)C2CC2)c(OC)c1. The van der Waals surface area contributed by atoms with Crippen molar-refractivity contribution in [2.45, 2.75) is 31.7 Å². The van der Waals surface area contributed by atoms with E-state index < -0.39 is 11.5 Å². The molecule has 1 saturated carbocycles. The first-order valence-corrected chi connectivity index (χ1v) is 7.29. The van der Waals surface area contributed by atoms with Gasteiger partial charge in [0, 0.05) is 0 Å². The van der Waals surface area contributed by atoms with Crippen LogP contribution in [0.2, 0.25) is 0 Å². The zero-order chi connectivity index (χ0) is 15.5. The van der Waals surface area contributed by atoms with Crippen LogP contribution in [0.25, 0.3) is 0 Å². The Labute approximate surface area is 125 Å². The van der Waals surface area contributed by atoms with Gasteiger partial charge in [-0.25, -0.2) is 0 Å². The monoisotopic (exact) mass is 293 g/mol. The standard InChI is InChI=1S/C16H23NO4/c1-4-11-5-8-13(14(9-11)20-3)21-10-16(17-2,15(18)19)12-6-7-12/h5,8-9,12,17H,4,6-7,10H2,1-3H3,(H,18,19). The Morgan fingerprint density at radius 3 is 2.62 bits per heavy atom. The molecule has 1 aliphatic rings. The van der Waals surface area contributed by atoms with Crippen molar-refractivity contribution in [2.75, 3.05) is 20.8 Å². The van der Waals surface area contributed by atoms with Crippen LogP contribution in [0.3, 0.4) is 0 Å². The molecule has 1 atom stereocenters. The molecular weight excluding hydrogens is 270 g/mol. The summed E-state index contributed by atoms with van der Waals surface area (Å²) in [5.41, 5.74) is 0.133. The first-order valence-electron chi connectivity index (χ1n) is 7.29. The average Bonchev–Trinajstić information content (AvgIpc) is 3.33. The van der Waals surface area contributed by atoms with E-state index in [2.05, 4.69) is 12.2 Å². The number of likely N-dealkylation sites (N-methyl/N-ethyl adjacent to an activating group) is 1. The summed E-state index contributed by atoms with van der Waals surface area (Å²) in [5, 5.41) is 12.5. The van der Waals surface area contributed by atoms with Gasteiger partial charge in [0.05, 0.1) is 7.11 Å². The number of methoxy groups -OCH3 is 1. The first-order chi connectivity index (χ1) is 10.1. The van der Waals surface area contributed by atoms with E-state index in [1.54, 1.807) is 14.2 Å². The number of aryl methyl sites for hydroxylation is 1. The molecule has 0 saturated heterocycles. The third-order valence-electron chi connectivity index (χ3n) is 4.19. The second-order valence-corrected chi connectivity index (χ2v) is 5.43. The molecule has 21 heavy (non-hydrogen) atoms. The summed E-state index contributed by atoms with van der Waals surface area (Å²) >= 11 is 0. The Kier molecular flexibility index (Phi) is 4.73. The highest BCUT2D eigenvalue weighted by Crippen LogP contribution is 2.40. The lowest BCUT2D eigenvalue weighted by Crippen LogP contribution is -2.56. The maximum Gasteiger partial charge on any atom is 0.327 e. The van der Waals surface area contributed by atoms with Gasteiger partial charge in [-0.15, -0.1) is 0 Å². The summed E-state index contributed by atoms with van der Waals surface area (Å²) in [5.74, 6) is 0.481. The van der Waals surface area contributed by atoms with Crippen molar-refractivity contribution < 1.29 is 19.4 Å². The smallest absolute Gasteiger partial charge is 0.327 e. The molecule has 1 unspecified atom stereocenters. The number of hydrogen-bond acceptors (Lipinski definition) is 4. The summed E-state index contributed by atoms with van der Waals surface area (Å²) in [6.45, 7) is 2.16. The summed E-state index contributed by atoms with van der Waals surface area (Å²) in [4.78, 5) is 11.6. The number of benzene rings is 1. The Hall–Kier alpha value is -1.75. The zero-order valence-electron chi connectivity index (χ0n) is 12.8. The number of ether oxygens (including phenoxy) is 2. The minimum Gasteiger partial charge on any atom is -0.493 e. The first kappa shape index (κ1) is 15.6. The predicted molar refractivity (Wildman–Crippen MR) is 80.0 cm³/mol. The van der Waals surface area contributed by atoms with Crippen molar-refractivity contribution >= 4 is 5.97 Å². The quantitative estimate of drug-likeness (QED) is 0.768. The molecule has 0 aliphatic heterocycles. The van der Waals surface area contributed by atoms with Crippen LogP contribution in [0.15, 0.2) is 18.2 Å². The van der Waals surface area contributed by atoms with Crippen LogP contribution in [0.4, 0.5) is 0 Å². The topological polar surface area (TPSA) is 67.8 Å². The Morgan fingerprint density at radius 1 is 1.43 bits per heavy atom. The molecule has 1 aliphatic carbocycles. The number of carboxylic acids is 1. The molecule has 5 heteroatoms. The second kappa shape index (κ2) is 6.35. The minimum atomic E-state index is -1.02. The van der Waals surface area contributed by atoms with Gasteiger partial charge in [-0.1, -0.05) is 13.0 Å². The molecule has 0 amide bonds. The van der Waals surface area contributed by atoms with Crippen molar-refractivity contribution in [1.29, 1.82) is 0 Å². The third-order valence-corrected chi connectivity index (χ3v) is 4.19. The Bertz CT molecular complexity index is 513. The fourth-order valence-corrected chi connectivity index (χ4v) is 2.56. The number of rotatable bonds is 8. The van der Waals surface area contributed by atoms with Gasteiger partial charge < -0.3 is 19.9 Å².